The zero-order valence-electron chi connectivity index (χ0n) is 14.2. The van der Waals surface area contributed by atoms with Gasteiger partial charge in [0.05, 0.1) is 11.8 Å². The van der Waals surface area contributed by atoms with Gasteiger partial charge >= 0.3 is 0 Å². The predicted octanol–water partition coefficient (Wildman–Crippen LogP) is 2.04. The molecule has 0 aromatic carbocycles. The van der Waals surface area contributed by atoms with Gasteiger partial charge in [0.2, 0.25) is 0 Å². The summed E-state index contributed by atoms with van der Waals surface area (Å²) in [5.41, 5.74) is 1.48. The molecular weight excluding hydrogens is 335 g/mol. The van der Waals surface area contributed by atoms with E-state index in [2.05, 4.69) is 28.6 Å². The van der Waals surface area contributed by atoms with Crippen LogP contribution in [-0.4, -0.2) is 59.6 Å². The molecule has 2 aliphatic heterocycles. The summed E-state index contributed by atoms with van der Waals surface area (Å²) in [5, 5.41) is 7.69. The van der Waals surface area contributed by atoms with Crippen LogP contribution in [0.15, 0.2) is 12.4 Å². The topological polar surface area (TPSA) is 42.3 Å². The lowest BCUT2D eigenvalue weighted by Crippen LogP contribution is -2.52. The maximum atomic E-state index is 6.17. The Morgan fingerprint density at radius 3 is 2.78 bits per heavy atom. The Morgan fingerprint density at radius 1 is 1.39 bits per heavy atom. The van der Waals surface area contributed by atoms with E-state index < -0.39 is 0 Å². The first-order chi connectivity index (χ1) is 10.2. The van der Waals surface area contributed by atoms with Gasteiger partial charge in [-0.3, -0.25) is 4.68 Å². The van der Waals surface area contributed by atoms with Gasteiger partial charge in [-0.15, -0.1) is 24.8 Å². The Balaban J connectivity index is 0.00000132. The number of ether oxygens (including phenoxy) is 1. The molecule has 0 bridgehead atoms. The number of nitrogens with one attached hydrogen (secondary N) is 1. The monoisotopic (exact) mass is 364 g/mol. The van der Waals surface area contributed by atoms with Gasteiger partial charge in [-0.25, -0.2) is 0 Å². The molecule has 0 radical (unpaired) electrons. The highest BCUT2D eigenvalue weighted by atomic mass is 35.5. The second-order valence-electron chi connectivity index (χ2n) is 6.68. The molecule has 1 N–H and O–H groups in total. The summed E-state index contributed by atoms with van der Waals surface area (Å²) in [6.45, 7) is 4.23. The number of halogens is 2. The van der Waals surface area contributed by atoms with Crippen molar-refractivity contribution in [2.24, 2.45) is 7.05 Å². The van der Waals surface area contributed by atoms with Crippen LogP contribution in [0.1, 0.15) is 31.2 Å². The van der Waals surface area contributed by atoms with Crippen molar-refractivity contribution < 1.29 is 4.74 Å². The van der Waals surface area contributed by atoms with E-state index in [-0.39, 0.29) is 30.4 Å². The number of aromatic nitrogens is 2. The van der Waals surface area contributed by atoms with Crippen LogP contribution in [0.4, 0.5) is 0 Å². The average molecular weight is 365 g/mol. The first-order valence-corrected chi connectivity index (χ1v) is 8.19. The smallest absolute Gasteiger partial charge is 0.0721 e. The van der Waals surface area contributed by atoms with Crippen LogP contribution in [-0.2, 0) is 18.2 Å². The van der Waals surface area contributed by atoms with Crippen molar-refractivity contribution in [1.82, 2.24) is 20.0 Å². The highest BCUT2D eigenvalue weighted by Gasteiger charge is 2.39. The quantitative estimate of drug-likeness (QED) is 0.887. The van der Waals surface area contributed by atoms with E-state index in [1.807, 2.05) is 17.9 Å². The fourth-order valence-electron chi connectivity index (χ4n) is 3.70. The minimum atomic E-state index is 0. The van der Waals surface area contributed by atoms with Crippen LogP contribution in [0.2, 0.25) is 0 Å². The largest absolute Gasteiger partial charge is 0.375 e. The van der Waals surface area contributed by atoms with E-state index in [9.17, 15) is 0 Å². The van der Waals surface area contributed by atoms with Gasteiger partial charge in [0.15, 0.2) is 0 Å². The third-order valence-electron chi connectivity index (χ3n) is 5.12. The maximum Gasteiger partial charge on any atom is 0.0721 e. The Hall–Kier alpha value is -0.330. The molecule has 7 heteroatoms. The number of hydrogen-bond donors (Lipinski definition) is 1. The highest BCUT2D eigenvalue weighted by Crippen LogP contribution is 2.34. The summed E-state index contributed by atoms with van der Waals surface area (Å²) in [5.74, 6) is 0. The van der Waals surface area contributed by atoms with Crippen molar-refractivity contribution in [3.63, 3.8) is 0 Å². The Labute approximate surface area is 152 Å². The number of aryl methyl sites for hydroxylation is 1. The lowest BCUT2D eigenvalue weighted by Gasteiger charge is -2.46. The van der Waals surface area contributed by atoms with Crippen molar-refractivity contribution >= 4 is 24.8 Å². The third-order valence-corrected chi connectivity index (χ3v) is 5.12. The average Bonchev–Trinajstić information content (AvgIpc) is 2.91. The molecule has 0 saturated carbocycles. The summed E-state index contributed by atoms with van der Waals surface area (Å²) < 4.78 is 8.06. The summed E-state index contributed by atoms with van der Waals surface area (Å²) in [7, 11) is 4.24. The lowest BCUT2D eigenvalue weighted by atomic mass is 9.82. The van der Waals surface area contributed by atoms with Gasteiger partial charge in [-0.2, -0.15) is 5.10 Å². The summed E-state index contributed by atoms with van der Waals surface area (Å²) in [6.07, 6.45) is 9.87. The fraction of sp³-hybridized carbons (Fsp3) is 0.812. The van der Waals surface area contributed by atoms with Crippen LogP contribution in [0, 0.1) is 0 Å². The third kappa shape index (κ3) is 5.33. The standard InChI is InChI=1S/C16H28N4O.2ClH/c1-19(9-3-14-12-18-20(2)13-14)15-4-10-21-16(11-15)5-7-17-8-6-16;;/h12-13,15,17H,3-11H2,1-2H3;2*1H. The van der Waals surface area contributed by atoms with E-state index in [4.69, 9.17) is 4.74 Å². The van der Waals surface area contributed by atoms with Crippen molar-refractivity contribution in [3.8, 4) is 0 Å². The number of nitrogens with zero attached hydrogens (tertiary/aromatic N) is 3. The molecule has 1 spiro atoms. The van der Waals surface area contributed by atoms with Crippen LogP contribution >= 0.6 is 24.8 Å². The molecule has 3 rings (SSSR count). The SMILES string of the molecule is CN(CCc1cnn(C)c1)C1CCOC2(CCNCC2)C1.Cl.Cl. The molecule has 23 heavy (non-hydrogen) atoms. The van der Waals surface area contributed by atoms with Gasteiger partial charge in [-0.05, 0) is 57.8 Å². The first-order valence-electron chi connectivity index (χ1n) is 8.19. The Kier molecular flexibility index (Phi) is 8.31. The second-order valence-corrected chi connectivity index (χ2v) is 6.68. The minimum Gasteiger partial charge on any atom is -0.375 e. The number of rotatable bonds is 4. The highest BCUT2D eigenvalue weighted by molar-refractivity contribution is 5.85. The Morgan fingerprint density at radius 2 is 2.13 bits per heavy atom. The fourth-order valence-corrected chi connectivity index (χ4v) is 3.70. The van der Waals surface area contributed by atoms with Crippen LogP contribution in [0.25, 0.3) is 0 Å². The molecule has 1 atom stereocenters. The lowest BCUT2D eigenvalue weighted by molar-refractivity contribution is -0.118. The van der Waals surface area contributed by atoms with Crippen molar-refractivity contribution in [1.29, 1.82) is 0 Å². The van der Waals surface area contributed by atoms with Gasteiger partial charge in [0.25, 0.3) is 0 Å². The molecule has 1 aromatic heterocycles. The molecule has 5 nitrogen and oxygen atoms in total. The number of hydrogen-bond acceptors (Lipinski definition) is 4. The maximum absolute atomic E-state index is 6.17. The minimum absolute atomic E-state index is 0. The van der Waals surface area contributed by atoms with E-state index in [0.29, 0.717) is 6.04 Å². The molecular formula is C16H30Cl2N4O. The molecule has 1 aromatic rings. The van der Waals surface area contributed by atoms with Crippen LogP contribution in [0.3, 0.4) is 0 Å². The summed E-state index contributed by atoms with van der Waals surface area (Å²) >= 11 is 0. The molecule has 2 fully saturated rings. The van der Waals surface area contributed by atoms with Gasteiger partial charge in [-0.1, -0.05) is 0 Å². The van der Waals surface area contributed by atoms with Crippen molar-refractivity contribution in [2.75, 3.05) is 33.3 Å². The molecule has 1 unspecified atom stereocenters. The normalized spacial score (nSPS) is 23.3. The van der Waals surface area contributed by atoms with Gasteiger partial charge in [0, 0.05) is 32.4 Å². The van der Waals surface area contributed by atoms with Gasteiger partial charge in [0.1, 0.15) is 0 Å². The second kappa shape index (κ2) is 9.23. The van der Waals surface area contributed by atoms with Gasteiger partial charge < -0.3 is 15.0 Å². The van der Waals surface area contributed by atoms with Crippen molar-refractivity contribution in [3.05, 3.63) is 18.0 Å². The summed E-state index contributed by atoms with van der Waals surface area (Å²) in [6, 6.07) is 0.661. The first kappa shape index (κ1) is 20.7. The molecule has 0 amide bonds. The molecule has 2 aliphatic rings. The zero-order valence-corrected chi connectivity index (χ0v) is 15.8. The van der Waals surface area contributed by atoms with E-state index in [1.165, 1.54) is 31.2 Å². The zero-order chi connectivity index (χ0) is 14.7. The molecule has 2 saturated heterocycles. The number of likely N-dealkylation sites (N-methyl/N-ethyl adjacent to an activating group) is 1. The van der Waals surface area contributed by atoms with Crippen molar-refractivity contribution in [2.45, 2.75) is 43.7 Å². The van der Waals surface area contributed by atoms with E-state index >= 15 is 0 Å². The molecule has 3 heterocycles. The van der Waals surface area contributed by atoms with E-state index in [1.54, 1.807) is 0 Å². The van der Waals surface area contributed by atoms with E-state index in [0.717, 1.165) is 32.7 Å². The predicted molar refractivity (Wildman–Crippen MR) is 97.8 cm³/mol. The summed E-state index contributed by atoms with van der Waals surface area (Å²) in [4.78, 5) is 2.53. The Bertz CT molecular complexity index is 457. The molecule has 0 aliphatic carbocycles. The molecule has 134 valence electrons. The number of piperidine rings is 1. The van der Waals surface area contributed by atoms with Crippen LogP contribution < -0.4 is 5.32 Å². The van der Waals surface area contributed by atoms with Crippen LogP contribution in [0.5, 0.6) is 0 Å².